The molecule has 0 heterocycles. The molecule has 0 aliphatic carbocycles. The van der Waals surface area contributed by atoms with Crippen LogP contribution in [0.15, 0.2) is 78.9 Å². The molecule has 0 fully saturated rings. The average molecular weight is 407 g/mol. The molecule has 30 heavy (non-hydrogen) atoms. The number of rotatable bonds is 7. The van der Waals surface area contributed by atoms with Gasteiger partial charge in [0.25, 0.3) is 5.91 Å². The first kappa shape index (κ1) is 21.0. The van der Waals surface area contributed by atoms with Crippen LogP contribution in [-0.4, -0.2) is 18.0 Å². The van der Waals surface area contributed by atoms with Crippen LogP contribution in [0.4, 0.5) is 4.39 Å². The van der Waals surface area contributed by atoms with E-state index in [2.05, 4.69) is 5.32 Å². The van der Waals surface area contributed by atoms with Gasteiger partial charge in [0.2, 0.25) is 0 Å². The Morgan fingerprint density at radius 1 is 0.867 bits per heavy atom. The van der Waals surface area contributed by atoms with Gasteiger partial charge in [-0.25, -0.2) is 9.18 Å². The third-order valence-electron chi connectivity index (χ3n) is 4.46. The standard InChI is InChI=1S/C24H22FNO4/c1-16(18-12-14-19(25)15-13-18)26-23(27)17(2)29-24(28)21-10-6-7-11-22(21)30-20-8-4-3-5-9-20/h3-17H,1-2H3,(H,26,27)/t16-,17-/m0/s1. The van der Waals surface area contributed by atoms with Crippen LogP contribution in [0, 0.1) is 5.82 Å². The molecule has 3 aromatic rings. The van der Waals surface area contributed by atoms with E-state index in [9.17, 15) is 14.0 Å². The molecule has 5 nitrogen and oxygen atoms in total. The van der Waals surface area contributed by atoms with Crippen molar-refractivity contribution in [2.75, 3.05) is 0 Å². The molecule has 3 aromatic carbocycles. The number of carbonyl (C=O) groups excluding carboxylic acids is 2. The Kier molecular flexibility index (Phi) is 6.80. The van der Waals surface area contributed by atoms with Crippen LogP contribution in [0.5, 0.6) is 11.5 Å². The van der Waals surface area contributed by atoms with E-state index < -0.39 is 18.0 Å². The fourth-order valence-corrected chi connectivity index (χ4v) is 2.78. The largest absolute Gasteiger partial charge is 0.456 e. The van der Waals surface area contributed by atoms with Crippen LogP contribution in [-0.2, 0) is 9.53 Å². The molecule has 0 saturated heterocycles. The molecule has 0 bridgehead atoms. The second-order valence-corrected chi connectivity index (χ2v) is 6.74. The minimum Gasteiger partial charge on any atom is -0.456 e. The van der Waals surface area contributed by atoms with Crippen LogP contribution < -0.4 is 10.1 Å². The first-order valence-corrected chi connectivity index (χ1v) is 9.53. The summed E-state index contributed by atoms with van der Waals surface area (Å²) in [6.07, 6.45) is -1.02. The van der Waals surface area contributed by atoms with Crippen molar-refractivity contribution in [1.82, 2.24) is 5.32 Å². The van der Waals surface area contributed by atoms with Gasteiger partial charge in [-0.05, 0) is 55.8 Å². The van der Waals surface area contributed by atoms with Crippen LogP contribution in [0.25, 0.3) is 0 Å². The van der Waals surface area contributed by atoms with E-state index in [-0.39, 0.29) is 17.4 Å². The second kappa shape index (κ2) is 9.69. The zero-order valence-electron chi connectivity index (χ0n) is 16.7. The molecule has 1 N–H and O–H groups in total. The van der Waals surface area contributed by atoms with Gasteiger partial charge in [-0.3, -0.25) is 4.79 Å². The summed E-state index contributed by atoms with van der Waals surface area (Å²) in [5.74, 6) is -0.561. The molecule has 6 heteroatoms. The van der Waals surface area contributed by atoms with E-state index in [0.29, 0.717) is 11.5 Å². The van der Waals surface area contributed by atoms with Gasteiger partial charge >= 0.3 is 5.97 Å². The zero-order chi connectivity index (χ0) is 21.5. The van der Waals surface area contributed by atoms with Crippen molar-refractivity contribution < 1.29 is 23.5 Å². The molecule has 1 amide bonds. The Balaban J connectivity index is 1.64. The number of amides is 1. The van der Waals surface area contributed by atoms with Gasteiger partial charge in [-0.1, -0.05) is 42.5 Å². The average Bonchev–Trinajstić information content (AvgIpc) is 2.75. The first-order chi connectivity index (χ1) is 14.4. The molecule has 0 aliphatic heterocycles. The van der Waals surface area contributed by atoms with E-state index in [1.54, 1.807) is 55.5 Å². The number of ether oxygens (including phenoxy) is 2. The number of para-hydroxylation sites is 2. The maximum absolute atomic E-state index is 13.1. The molecular weight excluding hydrogens is 385 g/mol. The topological polar surface area (TPSA) is 64.6 Å². The Bertz CT molecular complexity index is 1010. The molecule has 0 aromatic heterocycles. The summed E-state index contributed by atoms with van der Waals surface area (Å²) in [5, 5.41) is 2.76. The highest BCUT2D eigenvalue weighted by atomic mass is 19.1. The van der Waals surface area contributed by atoms with Crippen molar-refractivity contribution in [2.45, 2.75) is 26.0 Å². The zero-order valence-corrected chi connectivity index (χ0v) is 16.7. The van der Waals surface area contributed by atoms with Crippen molar-refractivity contribution in [3.63, 3.8) is 0 Å². The number of esters is 1. The number of benzene rings is 3. The predicted molar refractivity (Wildman–Crippen MR) is 111 cm³/mol. The summed E-state index contributed by atoms with van der Waals surface area (Å²) in [6.45, 7) is 3.26. The lowest BCUT2D eigenvalue weighted by Crippen LogP contribution is -2.37. The van der Waals surface area contributed by atoms with Crippen LogP contribution in [0.1, 0.15) is 35.8 Å². The fraction of sp³-hybridized carbons (Fsp3) is 0.167. The van der Waals surface area contributed by atoms with E-state index in [0.717, 1.165) is 5.56 Å². The molecule has 0 radical (unpaired) electrons. The molecule has 0 unspecified atom stereocenters. The molecule has 0 spiro atoms. The molecule has 3 rings (SSSR count). The quantitative estimate of drug-likeness (QED) is 0.557. The highest BCUT2D eigenvalue weighted by Crippen LogP contribution is 2.26. The lowest BCUT2D eigenvalue weighted by Gasteiger charge is -2.19. The SMILES string of the molecule is C[C@H](OC(=O)c1ccccc1Oc1ccccc1)C(=O)N[C@@H](C)c1ccc(F)cc1. The lowest BCUT2D eigenvalue weighted by molar-refractivity contribution is -0.129. The first-order valence-electron chi connectivity index (χ1n) is 9.53. The van der Waals surface area contributed by atoms with Crippen molar-refractivity contribution in [3.05, 3.63) is 95.8 Å². The van der Waals surface area contributed by atoms with E-state index in [4.69, 9.17) is 9.47 Å². The number of hydrogen-bond donors (Lipinski definition) is 1. The molecule has 154 valence electrons. The number of nitrogens with one attached hydrogen (secondary N) is 1. The van der Waals surface area contributed by atoms with Gasteiger partial charge in [0.1, 0.15) is 22.9 Å². The fourth-order valence-electron chi connectivity index (χ4n) is 2.78. The Labute approximate surface area is 174 Å². The monoisotopic (exact) mass is 407 g/mol. The van der Waals surface area contributed by atoms with Gasteiger partial charge in [-0.15, -0.1) is 0 Å². The predicted octanol–water partition coefficient (Wildman–Crippen LogP) is 5.04. The second-order valence-electron chi connectivity index (χ2n) is 6.74. The highest BCUT2D eigenvalue weighted by molar-refractivity contribution is 5.94. The Morgan fingerprint density at radius 3 is 2.20 bits per heavy atom. The number of hydrogen-bond acceptors (Lipinski definition) is 4. The molecule has 2 atom stereocenters. The van der Waals surface area contributed by atoms with Gasteiger partial charge in [-0.2, -0.15) is 0 Å². The summed E-state index contributed by atoms with van der Waals surface area (Å²) in [6, 6.07) is 21.2. The van der Waals surface area contributed by atoms with Crippen LogP contribution in [0.2, 0.25) is 0 Å². The summed E-state index contributed by atoms with van der Waals surface area (Å²) < 4.78 is 24.2. The van der Waals surface area contributed by atoms with Crippen LogP contribution >= 0.6 is 0 Å². The van der Waals surface area contributed by atoms with E-state index in [1.165, 1.54) is 19.1 Å². The lowest BCUT2D eigenvalue weighted by atomic mass is 10.1. The number of halogens is 1. The smallest absolute Gasteiger partial charge is 0.342 e. The molecule has 0 saturated carbocycles. The summed E-state index contributed by atoms with van der Waals surface area (Å²) in [7, 11) is 0. The normalized spacial score (nSPS) is 12.5. The summed E-state index contributed by atoms with van der Waals surface area (Å²) in [4.78, 5) is 25.1. The van der Waals surface area contributed by atoms with E-state index >= 15 is 0 Å². The van der Waals surface area contributed by atoms with Crippen molar-refractivity contribution in [2.24, 2.45) is 0 Å². The highest BCUT2D eigenvalue weighted by Gasteiger charge is 2.23. The summed E-state index contributed by atoms with van der Waals surface area (Å²) in [5.41, 5.74) is 0.956. The van der Waals surface area contributed by atoms with Gasteiger partial charge in [0.05, 0.1) is 6.04 Å². The van der Waals surface area contributed by atoms with Gasteiger partial charge < -0.3 is 14.8 Å². The minimum absolute atomic E-state index is 0.215. The minimum atomic E-state index is -1.02. The van der Waals surface area contributed by atoms with Crippen molar-refractivity contribution in [3.8, 4) is 11.5 Å². The molecular formula is C24H22FNO4. The molecule has 0 aliphatic rings. The third kappa shape index (κ3) is 5.44. The van der Waals surface area contributed by atoms with Crippen LogP contribution in [0.3, 0.4) is 0 Å². The van der Waals surface area contributed by atoms with Crippen molar-refractivity contribution in [1.29, 1.82) is 0 Å². The Hall–Kier alpha value is -3.67. The van der Waals surface area contributed by atoms with E-state index in [1.807, 2.05) is 18.2 Å². The maximum Gasteiger partial charge on any atom is 0.342 e. The van der Waals surface area contributed by atoms with Crippen molar-refractivity contribution >= 4 is 11.9 Å². The summed E-state index contributed by atoms with van der Waals surface area (Å²) >= 11 is 0. The van der Waals surface area contributed by atoms with Gasteiger partial charge in [0, 0.05) is 0 Å². The Morgan fingerprint density at radius 2 is 1.50 bits per heavy atom. The van der Waals surface area contributed by atoms with Gasteiger partial charge in [0.15, 0.2) is 6.10 Å². The maximum atomic E-state index is 13.1. The third-order valence-corrected chi connectivity index (χ3v) is 4.46. The number of carbonyl (C=O) groups is 2.